The highest BCUT2D eigenvalue weighted by atomic mass is 16.7. The van der Waals surface area contributed by atoms with Gasteiger partial charge >= 0.3 is 5.91 Å². The number of aromatic nitrogens is 2. The minimum Gasteiger partial charge on any atom is -0.480 e. The van der Waals surface area contributed by atoms with E-state index in [9.17, 15) is 35.4 Å². The number of carbonyl (C=O) groups is 1. The fourth-order valence-electron chi connectivity index (χ4n) is 8.10. The number of fused-ring (bicyclic) bond motifs is 2. The summed E-state index contributed by atoms with van der Waals surface area (Å²) in [6.07, 6.45) is 1.67. The summed E-state index contributed by atoms with van der Waals surface area (Å²) >= 11 is 0. The molecule has 7 unspecified atom stereocenters. The number of aromatic hydroxyl groups is 1. The third-order valence-corrected chi connectivity index (χ3v) is 10.8. The van der Waals surface area contributed by atoms with Crippen molar-refractivity contribution in [3.8, 4) is 5.95 Å². The van der Waals surface area contributed by atoms with E-state index in [1.165, 1.54) is 6.34 Å². The number of nitrogens with zero attached hydrogens (tertiary/aromatic N) is 4. The molecule has 14 nitrogen and oxygen atoms in total. The summed E-state index contributed by atoms with van der Waals surface area (Å²) in [7, 11) is 1.72. The molecule has 2 aromatic rings. The van der Waals surface area contributed by atoms with Crippen LogP contribution in [0, 0.1) is 22.7 Å². The molecule has 2 aliphatic carbocycles. The lowest BCUT2D eigenvalue weighted by Crippen LogP contribution is -2.63. The van der Waals surface area contributed by atoms with Crippen molar-refractivity contribution >= 4 is 24.4 Å². The molecular formula is C33H42N4O10. The molecule has 2 aliphatic heterocycles. The quantitative estimate of drug-likeness (QED) is 0.172. The van der Waals surface area contributed by atoms with Crippen LogP contribution in [0.2, 0.25) is 0 Å². The maximum atomic E-state index is 12.1. The van der Waals surface area contributed by atoms with Crippen LogP contribution in [-0.4, -0.2) is 102 Å². The van der Waals surface area contributed by atoms with E-state index in [1.54, 1.807) is 29.8 Å². The van der Waals surface area contributed by atoms with Crippen LogP contribution in [0.5, 0.6) is 5.95 Å². The predicted octanol–water partition coefficient (Wildman–Crippen LogP) is -0.0714. The van der Waals surface area contributed by atoms with Gasteiger partial charge in [-0.2, -0.15) is 4.99 Å². The van der Waals surface area contributed by atoms with Crippen molar-refractivity contribution in [1.82, 2.24) is 9.55 Å². The van der Waals surface area contributed by atoms with Gasteiger partial charge < -0.3 is 49.1 Å². The molecule has 4 aliphatic rings. The topological polar surface area (TPSA) is 213 Å². The first-order chi connectivity index (χ1) is 22.3. The summed E-state index contributed by atoms with van der Waals surface area (Å²) < 4.78 is 19.1. The summed E-state index contributed by atoms with van der Waals surface area (Å²) in [5.41, 5.74) is 1.28. The molecule has 2 saturated carbocycles. The molecule has 0 spiro atoms. The van der Waals surface area contributed by atoms with E-state index in [-0.39, 0.29) is 35.5 Å². The second-order valence-electron chi connectivity index (χ2n) is 13.6. The molecule has 0 aromatic carbocycles. The molecule has 6 N–H and O–H groups in total. The summed E-state index contributed by atoms with van der Waals surface area (Å²) in [5, 5.41) is 62.2. The Morgan fingerprint density at radius 2 is 1.94 bits per heavy atom. The van der Waals surface area contributed by atoms with Gasteiger partial charge in [0, 0.05) is 24.5 Å². The van der Waals surface area contributed by atoms with Crippen LogP contribution in [0.25, 0.3) is 12.2 Å². The molecule has 2 aromatic heterocycles. The van der Waals surface area contributed by atoms with Crippen LogP contribution < -0.4 is 11.0 Å². The molecule has 0 radical (unpaired) electrons. The smallest absolute Gasteiger partial charge is 0.300 e. The van der Waals surface area contributed by atoms with Crippen molar-refractivity contribution in [2.75, 3.05) is 13.2 Å². The molecule has 0 bridgehead atoms. The summed E-state index contributed by atoms with van der Waals surface area (Å²) in [6.45, 7) is 7.73. The molecule has 3 fully saturated rings. The average molecular weight is 655 g/mol. The van der Waals surface area contributed by atoms with Crippen molar-refractivity contribution in [1.29, 1.82) is 0 Å². The lowest BCUT2D eigenvalue weighted by Gasteiger charge is -2.60. The van der Waals surface area contributed by atoms with Crippen LogP contribution in [0.1, 0.15) is 61.3 Å². The van der Waals surface area contributed by atoms with Gasteiger partial charge in [0.1, 0.15) is 42.0 Å². The Balaban J connectivity index is 1.24. The van der Waals surface area contributed by atoms with Gasteiger partial charge in [0.15, 0.2) is 17.5 Å². The van der Waals surface area contributed by atoms with E-state index in [2.05, 4.69) is 28.5 Å². The van der Waals surface area contributed by atoms with Crippen LogP contribution >= 0.6 is 0 Å². The monoisotopic (exact) mass is 654 g/mol. The Morgan fingerprint density at radius 1 is 1.17 bits per heavy atom. The van der Waals surface area contributed by atoms with Gasteiger partial charge in [0.2, 0.25) is 0 Å². The van der Waals surface area contributed by atoms with E-state index in [1.807, 2.05) is 13.0 Å². The zero-order valence-electron chi connectivity index (χ0n) is 26.6. The highest BCUT2D eigenvalue weighted by Gasteiger charge is 2.59. The molecule has 1 amide bonds. The number of ether oxygens (including phenoxy) is 2. The third kappa shape index (κ3) is 5.61. The lowest BCUT2D eigenvalue weighted by molar-refractivity contribution is -0.329. The molecule has 10 atom stereocenters. The van der Waals surface area contributed by atoms with Crippen LogP contribution in [0.3, 0.4) is 0 Å². The number of aliphatic hydroxyl groups excluding tert-OH is 5. The van der Waals surface area contributed by atoms with Gasteiger partial charge in [-0.15, -0.1) is 0 Å². The normalized spacial score (nSPS) is 37.7. The van der Waals surface area contributed by atoms with Gasteiger partial charge in [0.05, 0.1) is 24.9 Å². The average Bonchev–Trinajstić information content (AvgIpc) is 3.56. The number of furan rings is 1. The summed E-state index contributed by atoms with van der Waals surface area (Å²) in [4.78, 5) is 24.2. The number of allylic oxidation sites excluding steroid dienone is 2. The van der Waals surface area contributed by atoms with Gasteiger partial charge in [-0.1, -0.05) is 38.2 Å². The molecule has 14 heteroatoms. The SMILES string of the molecule is C=C1CCC2[C@](C)(CC[C@@H](OC3OC(CO)C(O)C(O)C3O)[C@@]2(C)CO)C1C=Cc1cc(C=c2nc3c(n2C)=NC=NC3=O)oc1O. The molecule has 1 saturated heterocycles. The van der Waals surface area contributed by atoms with E-state index in [4.69, 9.17) is 13.9 Å². The Kier molecular flexibility index (Phi) is 8.89. The van der Waals surface area contributed by atoms with E-state index >= 15 is 0 Å². The predicted molar refractivity (Wildman–Crippen MR) is 166 cm³/mol. The van der Waals surface area contributed by atoms with E-state index in [0.717, 1.165) is 12.0 Å². The number of imidazole rings is 1. The fourth-order valence-corrected chi connectivity index (χ4v) is 8.10. The van der Waals surface area contributed by atoms with Crippen molar-refractivity contribution in [2.45, 2.75) is 76.3 Å². The molecule has 254 valence electrons. The maximum absolute atomic E-state index is 12.1. The minimum atomic E-state index is -1.56. The van der Waals surface area contributed by atoms with Crippen molar-refractivity contribution in [3.05, 3.63) is 52.3 Å². The number of hydrogen-bond acceptors (Lipinski definition) is 12. The second-order valence-corrected chi connectivity index (χ2v) is 13.6. The van der Waals surface area contributed by atoms with Crippen LogP contribution in [-0.2, 0) is 16.5 Å². The first-order valence-corrected chi connectivity index (χ1v) is 15.8. The molecular weight excluding hydrogens is 612 g/mol. The zero-order chi connectivity index (χ0) is 33.8. The van der Waals surface area contributed by atoms with Crippen molar-refractivity contribution in [2.24, 2.45) is 39.7 Å². The Morgan fingerprint density at radius 3 is 2.64 bits per heavy atom. The number of amides is 1. The third-order valence-electron chi connectivity index (χ3n) is 10.8. The molecule has 6 rings (SSSR count). The minimum absolute atomic E-state index is 0.0443. The highest BCUT2D eigenvalue weighted by molar-refractivity contribution is 5.98. The van der Waals surface area contributed by atoms with E-state index in [0.29, 0.717) is 41.6 Å². The number of carbonyl (C=O) groups excluding carboxylic acids is 1. The Labute approximate surface area is 270 Å². The molecule has 4 heterocycles. The van der Waals surface area contributed by atoms with Crippen LogP contribution in [0.4, 0.5) is 0 Å². The van der Waals surface area contributed by atoms with Crippen LogP contribution in [0.15, 0.2) is 38.7 Å². The lowest BCUT2D eigenvalue weighted by atomic mass is 9.46. The van der Waals surface area contributed by atoms with Gasteiger partial charge in [-0.05, 0) is 43.1 Å². The van der Waals surface area contributed by atoms with Gasteiger partial charge in [-0.25, -0.2) is 9.98 Å². The zero-order valence-corrected chi connectivity index (χ0v) is 26.6. The number of rotatable bonds is 7. The van der Waals surface area contributed by atoms with Gasteiger partial charge in [0.25, 0.3) is 5.95 Å². The molecule has 47 heavy (non-hydrogen) atoms. The van der Waals surface area contributed by atoms with Crippen molar-refractivity contribution < 1.29 is 49.3 Å². The Bertz CT molecular complexity index is 1730. The van der Waals surface area contributed by atoms with E-state index < -0.39 is 54.7 Å². The first kappa shape index (κ1) is 33.4. The standard InChI is InChI=1S/C33H42N4O10/c1-16-5-8-21-32(2,10-9-22(33(21,3)14-39)47-31-27(42)26(41)25(40)20(13-38)46-31)19(16)7-6-17-11-18(45-30(17)44)12-23-36-24-28(37(23)4)34-15-35-29(24)43/h6-7,11-12,15,19-22,25-27,31,38-42,44H,1,5,8-10,13-14H2,2-4H3/t19?,20?,21?,22-,25?,26?,27?,31?,32-,33+/m1/s1. The number of hydrogen-bond donors (Lipinski definition) is 6. The van der Waals surface area contributed by atoms with Crippen molar-refractivity contribution in [3.63, 3.8) is 0 Å². The first-order valence-electron chi connectivity index (χ1n) is 15.8. The highest BCUT2D eigenvalue weighted by Crippen LogP contribution is 2.62. The van der Waals surface area contributed by atoms with Gasteiger partial charge in [-0.3, -0.25) is 4.79 Å². The fraction of sp³-hybridized carbons (Fsp3) is 0.576. The largest absolute Gasteiger partial charge is 0.480 e. The summed E-state index contributed by atoms with van der Waals surface area (Å²) in [6, 6.07) is 1.67. The number of aliphatic imine (C=N–C) groups is 1. The number of aliphatic hydroxyl groups is 5. The maximum Gasteiger partial charge on any atom is 0.300 e. The second kappa shape index (κ2) is 12.5. The Hall–Kier alpha value is -3.50. The summed E-state index contributed by atoms with van der Waals surface area (Å²) in [5.74, 6) is -0.600.